The highest BCUT2D eigenvalue weighted by Gasteiger charge is 2.19. The molecular weight excluding hydrogens is 432 g/mol. The van der Waals surface area contributed by atoms with Crippen molar-refractivity contribution in [2.24, 2.45) is 0 Å². The summed E-state index contributed by atoms with van der Waals surface area (Å²) < 4.78 is 5.21. The molecule has 2 aromatic heterocycles. The van der Waals surface area contributed by atoms with Crippen molar-refractivity contribution in [1.82, 2.24) is 15.5 Å². The zero-order valence-electron chi connectivity index (χ0n) is 19.5. The molecule has 4 rings (SSSR count). The number of carbonyl (C=O) groups is 1. The molecule has 0 aliphatic carbocycles. The predicted molar refractivity (Wildman–Crippen MR) is 136 cm³/mol. The maximum atomic E-state index is 12.7. The number of thioether (sulfide) groups is 1. The van der Waals surface area contributed by atoms with Crippen molar-refractivity contribution in [2.75, 3.05) is 31.3 Å². The number of hydrogen-bond acceptors (Lipinski definition) is 5. The highest BCUT2D eigenvalue weighted by atomic mass is 32.2. The van der Waals surface area contributed by atoms with E-state index in [1.165, 1.54) is 16.5 Å². The lowest BCUT2D eigenvalue weighted by Gasteiger charge is -2.20. The molecule has 0 saturated heterocycles. The van der Waals surface area contributed by atoms with Crippen molar-refractivity contribution < 1.29 is 9.32 Å². The van der Waals surface area contributed by atoms with Gasteiger partial charge in [0.25, 0.3) is 0 Å². The van der Waals surface area contributed by atoms with E-state index in [2.05, 4.69) is 69.0 Å². The van der Waals surface area contributed by atoms with E-state index in [9.17, 15) is 4.79 Å². The average Bonchev–Trinajstić information content (AvgIpc) is 3.38. The Morgan fingerprint density at radius 3 is 2.61 bits per heavy atom. The fourth-order valence-corrected chi connectivity index (χ4v) is 5.02. The monoisotopic (exact) mass is 462 g/mol. The van der Waals surface area contributed by atoms with E-state index >= 15 is 0 Å². The van der Waals surface area contributed by atoms with Crippen molar-refractivity contribution in [3.8, 4) is 0 Å². The highest BCUT2D eigenvalue weighted by Crippen LogP contribution is 2.31. The Kier molecular flexibility index (Phi) is 7.08. The Bertz CT molecular complexity index is 1210. The van der Waals surface area contributed by atoms with Crippen LogP contribution in [0, 0.1) is 13.8 Å². The van der Waals surface area contributed by atoms with Crippen molar-refractivity contribution >= 4 is 34.3 Å². The van der Waals surface area contributed by atoms with Crippen LogP contribution in [0.25, 0.3) is 10.9 Å². The zero-order chi connectivity index (χ0) is 23.4. The number of nitrogens with zero attached hydrogens (tertiary/aromatic N) is 2. The molecule has 1 unspecified atom stereocenters. The number of aryl methyl sites for hydroxylation is 2. The Labute approximate surface area is 198 Å². The summed E-state index contributed by atoms with van der Waals surface area (Å²) in [5.41, 5.74) is 6.58. The lowest BCUT2D eigenvalue weighted by Crippen LogP contribution is -2.30. The number of amides is 1. The molecule has 4 aromatic rings. The van der Waals surface area contributed by atoms with Gasteiger partial charge in [0, 0.05) is 60.7 Å². The minimum atomic E-state index is 0.0292. The topological polar surface area (TPSA) is 74.2 Å². The van der Waals surface area contributed by atoms with E-state index in [0.717, 1.165) is 28.2 Å². The summed E-state index contributed by atoms with van der Waals surface area (Å²) in [6.07, 6.45) is 2.06. The number of aromatic amines is 1. The molecule has 1 atom stereocenters. The normalized spacial score (nSPS) is 12.1. The third-order valence-electron chi connectivity index (χ3n) is 5.97. The quantitative estimate of drug-likeness (QED) is 0.365. The first-order chi connectivity index (χ1) is 15.9. The molecule has 7 heteroatoms. The fraction of sp³-hybridized carbons (Fsp3) is 0.308. The largest absolute Gasteiger partial charge is 0.378 e. The summed E-state index contributed by atoms with van der Waals surface area (Å²) in [6, 6.07) is 16.8. The molecule has 0 bridgehead atoms. The fourth-order valence-electron chi connectivity index (χ4n) is 4.02. The number of H-pyrrole nitrogens is 1. The molecule has 2 heterocycles. The zero-order valence-corrected chi connectivity index (χ0v) is 20.3. The molecule has 2 N–H and O–H groups in total. The number of aromatic nitrogens is 2. The second-order valence-electron chi connectivity index (χ2n) is 8.43. The van der Waals surface area contributed by atoms with Crippen LogP contribution in [0.1, 0.15) is 34.1 Å². The molecule has 0 aliphatic heterocycles. The number of benzene rings is 2. The Hall–Kier alpha value is -3.19. The number of fused-ring (bicyclic) bond motifs is 1. The van der Waals surface area contributed by atoms with E-state index in [-0.39, 0.29) is 11.8 Å². The molecule has 0 saturated carbocycles. The Morgan fingerprint density at radius 1 is 1.15 bits per heavy atom. The second-order valence-corrected chi connectivity index (χ2v) is 9.41. The van der Waals surface area contributed by atoms with E-state index in [1.54, 1.807) is 11.8 Å². The Balaban J connectivity index is 1.47. The maximum Gasteiger partial charge on any atom is 0.230 e. The van der Waals surface area contributed by atoms with Gasteiger partial charge in [-0.25, -0.2) is 0 Å². The van der Waals surface area contributed by atoms with Gasteiger partial charge < -0.3 is 19.7 Å². The van der Waals surface area contributed by atoms with Crippen LogP contribution in [0.3, 0.4) is 0 Å². The van der Waals surface area contributed by atoms with Gasteiger partial charge in [-0.15, -0.1) is 11.8 Å². The molecule has 0 spiro atoms. The van der Waals surface area contributed by atoms with Gasteiger partial charge in [0.2, 0.25) is 5.91 Å². The first kappa shape index (κ1) is 23.0. The van der Waals surface area contributed by atoms with Crippen LogP contribution in [-0.2, 0) is 10.5 Å². The minimum Gasteiger partial charge on any atom is -0.378 e. The summed E-state index contributed by atoms with van der Waals surface area (Å²) in [7, 11) is 4.07. The van der Waals surface area contributed by atoms with Crippen molar-refractivity contribution in [2.45, 2.75) is 25.5 Å². The second kappa shape index (κ2) is 10.2. The number of para-hydroxylation sites is 1. The summed E-state index contributed by atoms with van der Waals surface area (Å²) in [4.78, 5) is 18.1. The van der Waals surface area contributed by atoms with Crippen molar-refractivity contribution in [1.29, 1.82) is 0 Å². The standard InChI is InChI=1S/C26H30N4O2S/c1-17-24(18(2)32-29-17)15-33-16-26(31)28-13-22(19-9-11-20(12-10-19)30(3)4)23-14-27-25-8-6-5-7-21(23)25/h5-12,14,22,27H,13,15-16H2,1-4H3,(H,28,31). The van der Waals surface area contributed by atoms with Crippen LogP contribution in [-0.4, -0.2) is 42.4 Å². The molecule has 0 aliphatic rings. The van der Waals surface area contributed by atoms with E-state index in [4.69, 9.17) is 4.52 Å². The molecular formula is C26H30N4O2S. The van der Waals surface area contributed by atoms with Gasteiger partial charge in [-0.05, 0) is 43.2 Å². The van der Waals surface area contributed by atoms with E-state index < -0.39 is 0 Å². The molecule has 0 radical (unpaired) electrons. The van der Waals surface area contributed by atoms with E-state index in [0.29, 0.717) is 18.1 Å². The van der Waals surface area contributed by atoms with Crippen molar-refractivity contribution in [3.05, 3.63) is 82.9 Å². The van der Waals surface area contributed by atoms with Crippen LogP contribution in [0.2, 0.25) is 0 Å². The molecule has 6 nitrogen and oxygen atoms in total. The summed E-state index contributed by atoms with van der Waals surface area (Å²) in [5.74, 6) is 2.01. The lowest BCUT2D eigenvalue weighted by molar-refractivity contribution is -0.118. The maximum absolute atomic E-state index is 12.7. The average molecular weight is 463 g/mol. The van der Waals surface area contributed by atoms with Gasteiger partial charge in [-0.2, -0.15) is 0 Å². The molecule has 0 fully saturated rings. The lowest BCUT2D eigenvalue weighted by atomic mass is 9.90. The Morgan fingerprint density at radius 2 is 1.91 bits per heavy atom. The summed E-state index contributed by atoms with van der Waals surface area (Å²) in [5, 5.41) is 8.32. The number of nitrogens with one attached hydrogen (secondary N) is 2. The molecule has 33 heavy (non-hydrogen) atoms. The van der Waals surface area contributed by atoms with Gasteiger partial charge in [0.1, 0.15) is 5.76 Å². The van der Waals surface area contributed by atoms with Gasteiger partial charge >= 0.3 is 0 Å². The van der Waals surface area contributed by atoms with Crippen LogP contribution < -0.4 is 10.2 Å². The first-order valence-corrected chi connectivity index (χ1v) is 12.2. The number of rotatable bonds is 9. The van der Waals surface area contributed by atoms with Crippen LogP contribution in [0.15, 0.2) is 59.3 Å². The van der Waals surface area contributed by atoms with Gasteiger partial charge in [0.15, 0.2) is 0 Å². The molecule has 1 amide bonds. The number of hydrogen-bond donors (Lipinski definition) is 2. The van der Waals surface area contributed by atoms with Crippen LogP contribution in [0.5, 0.6) is 0 Å². The van der Waals surface area contributed by atoms with Crippen LogP contribution in [0.4, 0.5) is 5.69 Å². The van der Waals surface area contributed by atoms with Crippen LogP contribution >= 0.6 is 11.8 Å². The van der Waals surface area contributed by atoms with E-state index in [1.807, 2.05) is 34.0 Å². The van der Waals surface area contributed by atoms with Crippen molar-refractivity contribution in [3.63, 3.8) is 0 Å². The summed E-state index contributed by atoms with van der Waals surface area (Å²) >= 11 is 1.58. The van der Waals surface area contributed by atoms with Gasteiger partial charge in [-0.3, -0.25) is 4.79 Å². The number of anilines is 1. The number of carbonyl (C=O) groups excluding carboxylic acids is 1. The SMILES string of the molecule is Cc1noc(C)c1CSCC(=O)NCC(c1ccc(N(C)C)cc1)c1c[nH]c2ccccc12. The predicted octanol–water partition coefficient (Wildman–Crippen LogP) is 5.02. The third kappa shape index (κ3) is 5.25. The van der Waals surface area contributed by atoms with Gasteiger partial charge in [-0.1, -0.05) is 35.5 Å². The van der Waals surface area contributed by atoms with Gasteiger partial charge in [0.05, 0.1) is 11.4 Å². The first-order valence-electron chi connectivity index (χ1n) is 11.0. The smallest absolute Gasteiger partial charge is 0.230 e. The minimum absolute atomic E-state index is 0.0292. The highest BCUT2D eigenvalue weighted by molar-refractivity contribution is 7.99. The third-order valence-corrected chi connectivity index (χ3v) is 6.93. The summed E-state index contributed by atoms with van der Waals surface area (Å²) in [6.45, 7) is 4.37. The molecule has 172 valence electrons. The molecule has 2 aromatic carbocycles.